The molecule has 0 saturated heterocycles. The maximum Gasteiger partial charge on any atom is 0.240 e. The smallest absolute Gasteiger partial charge is 0.208 e. The van der Waals surface area contributed by atoms with Gasteiger partial charge in [-0.25, -0.2) is 26.3 Å². The van der Waals surface area contributed by atoms with Crippen LogP contribution in [0.5, 0.6) is 0 Å². The van der Waals surface area contributed by atoms with Crippen LogP contribution in [0, 0.1) is 16.7 Å². The molecule has 3 atom stereocenters. The fourth-order valence-corrected chi connectivity index (χ4v) is 7.59. The first-order valence-electron chi connectivity index (χ1n) is 9.60. The summed E-state index contributed by atoms with van der Waals surface area (Å²) in [5.74, 6) is 0.538. The standard InChI is InChI=1S/C19H28N2O4S2/c1-18(2)13-10-11-19(18,3)17(12-13)21-27(24,25)16-8-6-15(7-9-16)26(22,23)20-14-4-5-14/h6-9,13-14,17,20-21H,4-5,10-12H2,1-3H3. The molecule has 8 heteroatoms. The van der Waals surface area contributed by atoms with E-state index in [-0.39, 0.29) is 32.7 Å². The highest BCUT2D eigenvalue weighted by Crippen LogP contribution is 2.65. The van der Waals surface area contributed by atoms with Gasteiger partial charge >= 0.3 is 0 Å². The molecule has 6 nitrogen and oxygen atoms in total. The molecule has 150 valence electrons. The molecular weight excluding hydrogens is 384 g/mol. The van der Waals surface area contributed by atoms with Gasteiger partial charge < -0.3 is 0 Å². The van der Waals surface area contributed by atoms with Gasteiger partial charge in [0.25, 0.3) is 0 Å². The van der Waals surface area contributed by atoms with Crippen molar-refractivity contribution in [3.63, 3.8) is 0 Å². The van der Waals surface area contributed by atoms with E-state index in [1.54, 1.807) is 0 Å². The molecule has 3 unspecified atom stereocenters. The predicted octanol–water partition coefficient (Wildman–Crippen LogP) is 2.62. The Bertz CT molecular complexity index is 950. The first-order valence-corrected chi connectivity index (χ1v) is 12.6. The van der Waals surface area contributed by atoms with E-state index in [2.05, 4.69) is 30.2 Å². The zero-order chi connectivity index (χ0) is 19.7. The summed E-state index contributed by atoms with van der Waals surface area (Å²) in [6, 6.07) is 5.42. The van der Waals surface area contributed by atoms with Crippen LogP contribution in [-0.2, 0) is 20.0 Å². The van der Waals surface area contributed by atoms with E-state index in [1.807, 2.05) is 0 Å². The Labute approximate surface area is 162 Å². The lowest BCUT2D eigenvalue weighted by Crippen LogP contribution is -2.46. The number of rotatable bonds is 6. The zero-order valence-corrected chi connectivity index (χ0v) is 17.7. The molecule has 0 heterocycles. The van der Waals surface area contributed by atoms with E-state index in [9.17, 15) is 16.8 Å². The van der Waals surface area contributed by atoms with E-state index in [0.717, 1.165) is 32.1 Å². The fraction of sp³-hybridized carbons (Fsp3) is 0.684. The Balaban J connectivity index is 1.53. The van der Waals surface area contributed by atoms with Gasteiger partial charge in [0.2, 0.25) is 20.0 Å². The molecular formula is C19H28N2O4S2. The van der Waals surface area contributed by atoms with Crippen molar-refractivity contribution in [2.45, 2.75) is 74.7 Å². The molecule has 2 N–H and O–H groups in total. The van der Waals surface area contributed by atoms with Crippen molar-refractivity contribution in [3.8, 4) is 0 Å². The molecule has 1 aromatic rings. The van der Waals surface area contributed by atoms with Crippen molar-refractivity contribution in [1.82, 2.24) is 9.44 Å². The summed E-state index contributed by atoms with van der Waals surface area (Å²) < 4.78 is 55.8. The lowest BCUT2D eigenvalue weighted by Gasteiger charge is -2.39. The summed E-state index contributed by atoms with van der Waals surface area (Å²) in [6.07, 6.45) is 4.75. The second-order valence-electron chi connectivity index (χ2n) is 9.15. The Kier molecular flexibility index (Phi) is 4.31. The molecule has 4 rings (SSSR count). The first-order chi connectivity index (χ1) is 12.5. The van der Waals surface area contributed by atoms with Gasteiger partial charge in [0, 0.05) is 12.1 Å². The lowest BCUT2D eigenvalue weighted by atomic mass is 9.69. The van der Waals surface area contributed by atoms with Gasteiger partial charge in [0.15, 0.2) is 0 Å². The summed E-state index contributed by atoms with van der Waals surface area (Å²) in [4.78, 5) is 0.207. The van der Waals surface area contributed by atoms with Crippen molar-refractivity contribution in [3.05, 3.63) is 24.3 Å². The van der Waals surface area contributed by atoms with E-state index < -0.39 is 20.0 Å². The molecule has 2 bridgehead atoms. The molecule has 27 heavy (non-hydrogen) atoms. The molecule has 3 aliphatic carbocycles. The maximum atomic E-state index is 12.9. The average Bonchev–Trinajstić information content (AvgIpc) is 3.33. The van der Waals surface area contributed by atoms with E-state index in [4.69, 9.17) is 0 Å². The van der Waals surface area contributed by atoms with Crippen molar-refractivity contribution in [1.29, 1.82) is 0 Å². The molecule has 0 aliphatic heterocycles. The third kappa shape index (κ3) is 3.14. The summed E-state index contributed by atoms with van der Waals surface area (Å²) in [5, 5.41) is 0. The summed E-state index contributed by atoms with van der Waals surface area (Å²) in [5.41, 5.74) is 0.0643. The van der Waals surface area contributed by atoms with Crippen LogP contribution in [0.3, 0.4) is 0 Å². The highest BCUT2D eigenvalue weighted by atomic mass is 32.2. The highest BCUT2D eigenvalue weighted by Gasteiger charge is 2.61. The quantitative estimate of drug-likeness (QED) is 0.751. The van der Waals surface area contributed by atoms with Crippen LogP contribution in [0.4, 0.5) is 0 Å². The molecule has 0 aromatic heterocycles. The molecule has 0 amide bonds. The first kappa shape index (κ1) is 19.4. The van der Waals surface area contributed by atoms with Crippen molar-refractivity contribution in [2.24, 2.45) is 16.7 Å². The average molecular weight is 413 g/mol. The Morgan fingerprint density at radius 2 is 1.37 bits per heavy atom. The van der Waals surface area contributed by atoms with Crippen molar-refractivity contribution < 1.29 is 16.8 Å². The van der Waals surface area contributed by atoms with E-state index in [0.29, 0.717) is 5.92 Å². The van der Waals surface area contributed by atoms with Crippen LogP contribution in [0.1, 0.15) is 52.9 Å². The molecule has 3 aliphatic rings. The van der Waals surface area contributed by atoms with Crippen molar-refractivity contribution >= 4 is 20.0 Å². The van der Waals surface area contributed by atoms with Crippen LogP contribution < -0.4 is 9.44 Å². The largest absolute Gasteiger partial charge is 0.240 e. The van der Waals surface area contributed by atoms with Crippen LogP contribution in [-0.4, -0.2) is 28.9 Å². The minimum Gasteiger partial charge on any atom is -0.208 e. The summed E-state index contributed by atoms with van der Waals surface area (Å²) >= 11 is 0. The van der Waals surface area contributed by atoms with Gasteiger partial charge in [0.05, 0.1) is 9.79 Å². The molecule has 3 fully saturated rings. The van der Waals surface area contributed by atoms with E-state index in [1.165, 1.54) is 24.3 Å². The number of fused-ring (bicyclic) bond motifs is 2. The SMILES string of the molecule is CC1(C)C2CCC1(C)C(NS(=O)(=O)c1ccc(S(=O)(=O)NC3CC3)cc1)C2. The monoisotopic (exact) mass is 412 g/mol. The number of sulfonamides is 2. The van der Waals surface area contributed by atoms with Crippen LogP contribution in [0.2, 0.25) is 0 Å². The zero-order valence-electron chi connectivity index (χ0n) is 16.0. The Morgan fingerprint density at radius 3 is 1.78 bits per heavy atom. The summed E-state index contributed by atoms with van der Waals surface area (Å²) in [6.45, 7) is 6.67. The van der Waals surface area contributed by atoms with Gasteiger partial charge in [-0.1, -0.05) is 20.8 Å². The van der Waals surface area contributed by atoms with Crippen molar-refractivity contribution in [2.75, 3.05) is 0 Å². The predicted molar refractivity (Wildman–Crippen MR) is 103 cm³/mol. The lowest BCUT2D eigenvalue weighted by molar-refractivity contribution is 0.130. The minimum atomic E-state index is -3.69. The molecule has 1 aromatic carbocycles. The Morgan fingerprint density at radius 1 is 0.852 bits per heavy atom. The van der Waals surface area contributed by atoms with Gasteiger partial charge in [-0.15, -0.1) is 0 Å². The van der Waals surface area contributed by atoms with E-state index >= 15 is 0 Å². The highest BCUT2D eigenvalue weighted by molar-refractivity contribution is 7.90. The molecule has 0 spiro atoms. The van der Waals surface area contributed by atoms with Gasteiger partial charge in [0.1, 0.15) is 0 Å². The van der Waals surface area contributed by atoms with Gasteiger partial charge in [-0.3, -0.25) is 0 Å². The summed E-state index contributed by atoms with van der Waals surface area (Å²) in [7, 11) is -7.27. The normalized spacial score (nSPS) is 32.7. The topological polar surface area (TPSA) is 92.3 Å². The van der Waals surface area contributed by atoms with Crippen LogP contribution in [0.25, 0.3) is 0 Å². The molecule has 0 radical (unpaired) electrons. The van der Waals surface area contributed by atoms with Gasteiger partial charge in [-0.05, 0) is 73.1 Å². The minimum absolute atomic E-state index is 0.0157. The van der Waals surface area contributed by atoms with Crippen LogP contribution in [0.15, 0.2) is 34.1 Å². The third-order valence-electron chi connectivity index (χ3n) is 7.43. The number of hydrogen-bond acceptors (Lipinski definition) is 4. The Hall–Kier alpha value is -0.960. The second-order valence-corrected chi connectivity index (χ2v) is 12.6. The second kappa shape index (κ2) is 6.02. The van der Waals surface area contributed by atoms with Crippen LogP contribution >= 0.6 is 0 Å². The fourth-order valence-electron chi connectivity index (χ4n) is 4.92. The maximum absolute atomic E-state index is 12.9. The molecule has 3 saturated carbocycles. The number of benzene rings is 1. The number of nitrogens with one attached hydrogen (secondary N) is 2. The third-order valence-corrected chi connectivity index (χ3v) is 10.5. The number of hydrogen-bond donors (Lipinski definition) is 2. The van der Waals surface area contributed by atoms with Gasteiger partial charge in [-0.2, -0.15) is 0 Å².